The number of benzene rings is 1. The molecule has 0 spiro atoms. The molecule has 2 N–H and O–H groups in total. The Morgan fingerprint density at radius 3 is 2.79 bits per heavy atom. The van der Waals surface area contributed by atoms with Crippen molar-refractivity contribution < 1.29 is 22.7 Å². The van der Waals surface area contributed by atoms with Crippen molar-refractivity contribution in [3.8, 4) is 22.8 Å². The molecular formula is C26H20F3N7O2. The topological polar surface area (TPSA) is 111 Å². The van der Waals surface area contributed by atoms with Crippen molar-refractivity contribution in [2.75, 3.05) is 5.32 Å². The number of amides is 1. The highest BCUT2D eigenvalue weighted by molar-refractivity contribution is 5.99. The Morgan fingerprint density at radius 2 is 2.00 bits per heavy atom. The van der Waals surface area contributed by atoms with E-state index in [-0.39, 0.29) is 24.0 Å². The maximum Gasteiger partial charge on any atom is 0.433 e. The van der Waals surface area contributed by atoms with Gasteiger partial charge in [0.05, 0.1) is 24.1 Å². The molecule has 0 saturated carbocycles. The van der Waals surface area contributed by atoms with E-state index in [0.29, 0.717) is 33.9 Å². The third-order valence-corrected chi connectivity index (χ3v) is 5.53. The average molecular weight is 519 g/mol. The minimum absolute atomic E-state index is 0.0614. The molecule has 0 saturated heterocycles. The normalized spacial score (nSPS) is 11.5. The molecule has 4 heterocycles. The summed E-state index contributed by atoms with van der Waals surface area (Å²) in [5, 5.41) is 7.11. The van der Waals surface area contributed by atoms with Crippen LogP contribution in [0.1, 0.15) is 17.1 Å². The molecule has 0 aliphatic heterocycles. The summed E-state index contributed by atoms with van der Waals surface area (Å²) in [6, 6.07) is 10.6. The van der Waals surface area contributed by atoms with Crippen LogP contribution in [0.4, 0.5) is 18.9 Å². The molecule has 9 nitrogen and oxygen atoms in total. The van der Waals surface area contributed by atoms with Crippen LogP contribution < -0.4 is 10.1 Å². The Morgan fingerprint density at radius 1 is 1.18 bits per heavy atom. The Labute approximate surface area is 214 Å². The summed E-state index contributed by atoms with van der Waals surface area (Å²) in [4.78, 5) is 27.3. The van der Waals surface area contributed by atoms with Gasteiger partial charge in [0.1, 0.15) is 17.0 Å². The Balaban J connectivity index is 1.41. The number of pyridine rings is 1. The van der Waals surface area contributed by atoms with Crippen LogP contribution in [0.25, 0.3) is 22.3 Å². The number of aromatic nitrogens is 6. The minimum Gasteiger partial charge on any atom is -0.437 e. The highest BCUT2D eigenvalue weighted by atomic mass is 19.4. The Kier molecular flexibility index (Phi) is 6.37. The van der Waals surface area contributed by atoms with Gasteiger partial charge in [0, 0.05) is 35.3 Å². The molecule has 0 radical (unpaired) electrons. The maximum atomic E-state index is 13.0. The molecule has 0 atom stereocenters. The third-order valence-electron chi connectivity index (χ3n) is 5.53. The van der Waals surface area contributed by atoms with Crippen LogP contribution in [0.2, 0.25) is 0 Å². The molecule has 0 fully saturated rings. The highest BCUT2D eigenvalue weighted by Gasteiger charge is 2.32. The number of H-pyrrole nitrogens is 1. The van der Waals surface area contributed by atoms with E-state index in [2.05, 4.69) is 36.9 Å². The van der Waals surface area contributed by atoms with Crippen molar-refractivity contribution in [2.45, 2.75) is 19.6 Å². The first kappa shape index (κ1) is 24.7. The second kappa shape index (κ2) is 9.81. The summed E-state index contributed by atoms with van der Waals surface area (Å²) in [6.45, 7) is 5.28. The fourth-order valence-electron chi connectivity index (χ4n) is 3.84. The summed E-state index contributed by atoms with van der Waals surface area (Å²) in [5.74, 6) is 0.319. The van der Waals surface area contributed by atoms with Crippen molar-refractivity contribution in [3.63, 3.8) is 0 Å². The van der Waals surface area contributed by atoms with Crippen molar-refractivity contribution in [1.82, 2.24) is 29.7 Å². The third kappa shape index (κ3) is 5.24. The molecule has 0 aliphatic carbocycles. The quantitative estimate of drug-likeness (QED) is 0.275. The largest absolute Gasteiger partial charge is 0.437 e. The second-order valence-electron chi connectivity index (χ2n) is 8.27. The predicted octanol–water partition coefficient (Wildman–Crippen LogP) is 5.51. The molecule has 12 heteroatoms. The van der Waals surface area contributed by atoms with Gasteiger partial charge in [-0.1, -0.05) is 18.7 Å². The lowest BCUT2D eigenvalue weighted by atomic mass is 10.1. The zero-order valence-electron chi connectivity index (χ0n) is 20.0. The van der Waals surface area contributed by atoms with Gasteiger partial charge in [-0.05, 0) is 37.3 Å². The summed E-state index contributed by atoms with van der Waals surface area (Å²) in [5.41, 5.74) is 2.93. The summed E-state index contributed by atoms with van der Waals surface area (Å²) < 4.78 is 46.5. The van der Waals surface area contributed by atoms with E-state index in [4.69, 9.17) is 4.74 Å². The molecule has 38 heavy (non-hydrogen) atoms. The zero-order valence-corrected chi connectivity index (χ0v) is 20.0. The lowest BCUT2D eigenvalue weighted by Crippen LogP contribution is -2.11. The molecule has 5 aromatic rings. The van der Waals surface area contributed by atoms with Crippen molar-refractivity contribution in [1.29, 1.82) is 0 Å². The van der Waals surface area contributed by atoms with Gasteiger partial charge >= 0.3 is 6.18 Å². The van der Waals surface area contributed by atoms with Crippen LogP contribution in [0.5, 0.6) is 11.6 Å². The number of rotatable bonds is 7. The average Bonchev–Trinajstić information content (AvgIpc) is 3.46. The lowest BCUT2D eigenvalue weighted by molar-refractivity contribution is -0.141. The number of halogens is 3. The van der Waals surface area contributed by atoms with Crippen LogP contribution in [-0.2, 0) is 17.5 Å². The monoisotopic (exact) mass is 519 g/mol. The Hall–Kier alpha value is -5.00. The van der Waals surface area contributed by atoms with Crippen molar-refractivity contribution in [2.24, 2.45) is 0 Å². The summed E-state index contributed by atoms with van der Waals surface area (Å²) in [7, 11) is 0. The van der Waals surface area contributed by atoms with E-state index < -0.39 is 11.9 Å². The molecule has 0 unspecified atom stereocenters. The molecule has 0 bridgehead atoms. The number of carbonyl (C=O) groups is 1. The van der Waals surface area contributed by atoms with E-state index in [1.54, 1.807) is 43.6 Å². The van der Waals surface area contributed by atoms with Crippen LogP contribution in [0.15, 0.2) is 73.7 Å². The van der Waals surface area contributed by atoms with Crippen molar-refractivity contribution in [3.05, 3.63) is 90.8 Å². The fourth-order valence-corrected chi connectivity index (χ4v) is 3.84. The number of carbonyl (C=O) groups excluding carboxylic acids is 1. The van der Waals surface area contributed by atoms with Crippen molar-refractivity contribution >= 4 is 22.8 Å². The van der Waals surface area contributed by atoms with Gasteiger partial charge in [-0.3, -0.25) is 9.48 Å². The number of hydrogen-bond donors (Lipinski definition) is 2. The zero-order chi connectivity index (χ0) is 26.9. The number of aromatic amines is 1. The first-order chi connectivity index (χ1) is 18.2. The second-order valence-corrected chi connectivity index (χ2v) is 8.27. The number of anilines is 1. The number of aryl methyl sites for hydroxylation is 1. The molecular weight excluding hydrogens is 499 g/mol. The molecule has 1 amide bonds. The van der Waals surface area contributed by atoms with Gasteiger partial charge in [-0.15, -0.1) is 0 Å². The fraction of sp³-hybridized carbons (Fsp3) is 0.115. The summed E-state index contributed by atoms with van der Waals surface area (Å²) >= 11 is 0. The van der Waals surface area contributed by atoms with Gasteiger partial charge in [0.2, 0.25) is 11.8 Å². The van der Waals surface area contributed by atoms with E-state index >= 15 is 0 Å². The first-order valence-corrected chi connectivity index (χ1v) is 11.3. The van der Waals surface area contributed by atoms with Crippen LogP contribution in [0.3, 0.4) is 0 Å². The van der Waals surface area contributed by atoms with Gasteiger partial charge in [0.25, 0.3) is 0 Å². The van der Waals surface area contributed by atoms with Crippen LogP contribution in [0, 0.1) is 6.92 Å². The van der Waals surface area contributed by atoms with Gasteiger partial charge in [-0.2, -0.15) is 18.3 Å². The number of fused-ring (bicyclic) bond motifs is 1. The number of hydrogen-bond acceptors (Lipinski definition) is 6. The maximum absolute atomic E-state index is 13.0. The molecule has 5 rings (SSSR count). The molecule has 192 valence electrons. The van der Waals surface area contributed by atoms with Gasteiger partial charge < -0.3 is 15.0 Å². The van der Waals surface area contributed by atoms with E-state index in [1.165, 1.54) is 29.1 Å². The number of ether oxygens (including phenoxy) is 1. The molecule has 4 aromatic heterocycles. The predicted molar refractivity (Wildman–Crippen MR) is 134 cm³/mol. The van der Waals surface area contributed by atoms with E-state index in [9.17, 15) is 18.0 Å². The molecule has 0 aliphatic rings. The standard InChI is InChI=1S/C26H20F3N7O2/c1-3-22(37)33-16-6-4-8-18(10-16)38-23-12-31-25-24(34-23)19(11-30-25)20-14-36(35-15(20)2)13-17-7-5-9-21(32-17)26(27,28)29/h3-12,14H,1,13H2,2H3,(H,30,31)(H,33,37). The number of nitrogens with one attached hydrogen (secondary N) is 2. The van der Waals surface area contributed by atoms with Crippen LogP contribution >= 0.6 is 0 Å². The van der Waals surface area contributed by atoms with Gasteiger partial charge in [-0.25, -0.2) is 15.0 Å². The van der Waals surface area contributed by atoms with E-state index in [1.807, 2.05) is 0 Å². The lowest BCUT2D eigenvalue weighted by Gasteiger charge is -2.07. The van der Waals surface area contributed by atoms with E-state index in [0.717, 1.165) is 11.6 Å². The highest BCUT2D eigenvalue weighted by Crippen LogP contribution is 2.31. The Bertz CT molecular complexity index is 1660. The summed E-state index contributed by atoms with van der Waals surface area (Å²) in [6.07, 6.45) is 1.57. The first-order valence-electron chi connectivity index (χ1n) is 11.3. The minimum atomic E-state index is -4.52. The molecule has 1 aromatic carbocycles. The van der Waals surface area contributed by atoms with Crippen LogP contribution in [-0.4, -0.2) is 35.6 Å². The number of alkyl halides is 3. The number of nitrogens with zero attached hydrogens (tertiary/aromatic N) is 5. The SMILES string of the molecule is C=CC(=O)Nc1cccc(Oc2cnc3[nH]cc(-c4cn(Cc5cccc(C(F)(F)F)n5)nc4C)c3n2)c1. The smallest absolute Gasteiger partial charge is 0.433 e. The van der Waals surface area contributed by atoms with Gasteiger partial charge in [0.15, 0.2) is 5.65 Å².